The van der Waals surface area contributed by atoms with Crippen molar-refractivity contribution in [3.05, 3.63) is 47.8 Å². The molecule has 1 aromatic rings. The number of benzene rings is 1. The number of nitrogens with zero attached hydrogens (tertiary/aromatic N) is 2. The molecule has 2 fully saturated rings. The molecule has 4 rings (SSSR count). The minimum Gasteiger partial charge on any atom is -0.356 e. The van der Waals surface area contributed by atoms with Gasteiger partial charge < -0.3 is 10.6 Å². The van der Waals surface area contributed by atoms with E-state index in [4.69, 9.17) is 0 Å². The smallest absolute Gasteiger partial charge is 0.233 e. The van der Waals surface area contributed by atoms with Gasteiger partial charge in [-0.05, 0) is 42.4 Å². The highest BCUT2D eigenvalue weighted by atomic mass is 127. The van der Waals surface area contributed by atoms with E-state index in [-0.39, 0.29) is 65.3 Å². The van der Waals surface area contributed by atoms with Crippen molar-refractivity contribution in [2.45, 2.75) is 19.4 Å². The van der Waals surface area contributed by atoms with Crippen molar-refractivity contribution in [1.82, 2.24) is 15.5 Å². The lowest BCUT2D eigenvalue weighted by atomic mass is 9.85. The number of rotatable bonds is 6. The Hall–Kier alpha value is -1.97. The average molecular weight is 512 g/mol. The van der Waals surface area contributed by atoms with Crippen LogP contribution < -0.4 is 10.6 Å². The molecule has 0 spiro atoms. The van der Waals surface area contributed by atoms with E-state index in [1.165, 1.54) is 17.0 Å². The second kappa shape index (κ2) is 9.23. The van der Waals surface area contributed by atoms with Crippen molar-refractivity contribution in [2.75, 3.05) is 20.1 Å². The molecule has 1 aromatic carbocycles. The van der Waals surface area contributed by atoms with Gasteiger partial charge in [-0.25, -0.2) is 4.39 Å². The van der Waals surface area contributed by atoms with Gasteiger partial charge in [0.05, 0.1) is 11.8 Å². The molecule has 0 aromatic heterocycles. The quantitative estimate of drug-likeness (QED) is 0.153. The molecule has 2 N–H and O–H groups in total. The van der Waals surface area contributed by atoms with Crippen LogP contribution in [0.1, 0.15) is 18.4 Å². The Kier molecular flexibility index (Phi) is 6.92. The first-order valence-corrected chi connectivity index (χ1v) is 9.81. The molecule has 4 atom stereocenters. The van der Waals surface area contributed by atoms with Gasteiger partial charge in [0.1, 0.15) is 5.82 Å². The average Bonchev–Trinajstić information content (AvgIpc) is 3.38. The number of fused-ring (bicyclic) bond motifs is 5. The number of allylic oxidation sites excluding steroid dienone is 2. The van der Waals surface area contributed by atoms with Crippen LogP contribution in [0.25, 0.3) is 0 Å². The van der Waals surface area contributed by atoms with E-state index in [9.17, 15) is 14.0 Å². The lowest BCUT2D eigenvalue weighted by Crippen LogP contribution is -2.39. The molecule has 156 valence electrons. The molecule has 2 aliphatic carbocycles. The normalized spacial score (nSPS) is 27.2. The SMILES string of the molecule is CN=C(NCCCN1C(=O)C2C3C=CC(C3)C2C1=O)NCc1ccc(F)cc1.I. The van der Waals surface area contributed by atoms with Gasteiger partial charge in [-0.3, -0.25) is 19.5 Å². The predicted molar refractivity (Wildman–Crippen MR) is 119 cm³/mol. The summed E-state index contributed by atoms with van der Waals surface area (Å²) in [7, 11) is 1.68. The Morgan fingerprint density at radius 3 is 2.31 bits per heavy atom. The molecule has 1 aliphatic heterocycles. The minimum atomic E-state index is -0.259. The Bertz CT molecular complexity index is 796. The van der Waals surface area contributed by atoms with Gasteiger partial charge in [-0.15, -0.1) is 24.0 Å². The zero-order chi connectivity index (χ0) is 19.7. The number of aliphatic imine (C=N–C) groups is 1. The summed E-state index contributed by atoms with van der Waals surface area (Å²) in [4.78, 5) is 30.9. The van der Waals surface area contributed by atoms with Crippen LogP contribution in [0, 0.1) is 29.5 Å². The molecule has 1 heterocycles. The third-order valence-electron chi connectivity index (χ3n) is 6.01. The first-order chi connectivity index (χ1) is 13.6. The number of carbonyl (C=O) groups excluding carboxylic acids is 2. The monoisotopic (exact) mass is 512 g/mol. The fraction of sp³-hybridized carbons (Fsp3) is 0.476. The lowest BCUT2D eigenvalue weighted by molar-refractivity contribution is -0.140. The van der Waals surface area contributed by atoms with Crippen molar-refractivity contribution in [1.29, 1.82) is 0 Å². The van der Waals surface area contributed by atoms with Crippen LogP contribution in [-0.4, -0.2) is 42.8 Å². The minimum absolute atomic E-state index is 0. The van der Waals surface area contributed by atoms with E-state index < -0.39 is 0 Å². The molecule has 29 heavy (non-hydrogen) atoms. The number of imide groups is 1. The Labute approximate surface area is 187 Å². The maximum absolute atomic E-state index is 12.9. The Morgan fingerprint density at radius 1 is 1.10 bits per heavy atom. The van der Waals surface area contributed by atoms with Gasteiger partial charge in [0, 0.05) is 26.7 Å². The van der Waals surface area contributed by atoms with Crippen LogP contribution in [0.4, 0.5) is 4.39 Å². The maximum Gasteiger partial charge on any atom is 0.233 e. The number of guanidine groups is 1. The summed E-state index contributed by atoms with van der Waals surface area (Å²) in [6.45, 7) is 1.56. The number of hydrogen-bond acceptors (Lipinski definition) is 3. The number of nitrogens with one attached hydrogen (secondary N) is 2. The fourth-order valence-electron chi connectivity index (χ4n) is 4.64. The number of amides is 2. The molecule has 3 aliphatic rings. The van der Waals surface area contributed by atoms with Gasteiger partial charge in [0.2, 0.25) is 11.8 Å². The molecule has 6 nitrogen and oxygen atoms in total. The van der Waals surface area contributed by atoms with E-state index in [1.54, 1.807) is 19.2 Å². The molecule has 2 amide bonds. The van der Waals surface area contributed by atoms with Gasteiger partial charge in [0.15, 0.2) is 5.96 Å². The molecule has 8 heteroatoms. The van der Waals surface area contributed by atoms with Crippen LogP contribution in [0.2, 0.25) is 0 Å². The first kappa shape index (κ1) is 21.7. The van der Waals surface area contributed by atoms with Crippen molar-refractivity contribution in [3.8, 4) is 0 Å². The second-order valence-electron chi connectivity index (χ2n) is 7.66. The summed E-state index contributed by atoms with van der Waals surface area (Å²) in [5.74, 6) is 0.637. The number of likely N-dealkylation sites (tertiary alicyclic amines) is 1. The highest BCUT2D eigenvalue weighted by Crippen LogP contribution is 2.52. The number of hydrogen-bond donors (Lipinski definition) is 2. The van der Waals surface area contributed by atoms with Crippen LogP contribution in [0.5, 0.6) is 0 Å². The van der Waals surface area contributed by atoms with Gasteiger partial charge in [-0.2, -0.15) is 0 Å². The summed E-state index contributed by atoms with van der Waals surface area (Å²) < 4.78 is 12.9. The van der Waals surface area contributed by atoms with Crippen LogP contribution in [-0.2, 0) is 16.1 Å². The van der Waals surface area contributed by atoms with Gasteiger partial charge >= 0.3 is 0 Å². The van der Waals surface area contributed by atoms with Crippen LogP contribution >= 0.6 is 24.0 Å². The summed E-state index contributed by atoms with van der Waals surface area (Å²) in [5.41, 5.74) is 0.951. The third kappa shape index (κ3) is 4.31. The standard InChI is InChI=1S/C21H25FN4O2.HI/c1-23-21(25-12-13-3-7-16(22)8-4-13)24-9-2-10-26-19(27)17-14-5-6-15(11-14)18(17)20(26)28;/h3-8,14-15,17-18H,2,9-12H2,1H3,(H2,23,24,25);1H. The number of halogens is 2. The largest absolute Gasteiger partial charge is 0.356 e. The third-order valence-corrected chi connectivity index (χ3v) is 6.01. The molecule has 2 bridgehead atoms. The first-order valence-electron chi connectivity index (χ1n) is 9.81. The molecule has 1 saturated heterocycles. The van der Waals surface area contributed by atoms with Crippen LogP contribution in [0.15, 0.2) is 41.4 Å². The molecular formula is C21H26FIN4O2. The maximum atomic E-state index is 12.9. The predicted octanol–water partition coefficient (Wildman–Crippen LogP) is 2.31. The molecule has 1 saturated carbocycles. The van der Waals surface area contributed by atoms with Gasteiger partial charge in [-0.1, -0.05) is 24.3 Å². The summed E-state index contributed by atoms with van der Waals surface area (Å²) in [6, 6.07) is 6.29. The zero-order valence-electron chi connectivity index (χ0n) is 16.3. The van der Waals surface area contributed by atoms with E-state index in [0.29, 0.717) is 32.0 Å². The molecular weight excluding hydrogens is 486 g/mol. The van der Waals surface area contributed by atoms with E-state index in [1.807, 2.05) is 0 Å². The summed E-state index contributed by atoms with van der Waals surface area (Å²) in [6.07, 6.45) is 5.84. The topological polar surface area (TPSA) is 73.8 Å². The van der Waals surface area contributed by atoms with Crippen molar-refractivity contribution in [3.63, 3.8) is 0 Å². The molecule has 0 radical (unpaired) electrons. The lowest BCUT2D eigenvalue weighted by Gasteiger charge is -2.18. The number of carbonyl (C=O) groups is 2. The Balaban J connectivity index is 0.00000240. The highest BCUT2D eigenvalue weighted by molar-refractivity contribution is 14.0. The van der Waals surface area contributed by atoms with Crippen molar-refractivity contribution in [2.24, 2.45) is 28.7 Å². The molecule has 4 unspecified atom stereocenters. The fourth-order valence-corrected chi connectivity index (χ4v) is 4.64. The van der Waals surface area contributed by atoms with E-state index >= 15 is 0 Å². The summed E-state index contributed by atoms with van der Waals surface area (Å²) >= 11 is 0. The highest BCUT2D eigenvalue weighted by Gasteiger charge is 2.58. The Morgan fingerprint density at radius 2 is 1.72 bits per heavy atom. The summed E-state index contributed by atoms with van der Waals surface area (Å²) in [5, 5.41) is 6.35. The van der Waals surface area contributed by atoms with Crippen molar-refractivity contribution < 1.29 is 14.0 Å². The second-order valence-corrected chi connectivity index (χ2v) is 7.66. The van der Waals surface area contributed by atoms with E-state index in [2.05, 4.69) is 27.8 Å². The van der Waals surface area contributed by atoms with E-state index in [0.717, 1.165) is 12.0 Å². The van der Waals surface area contributed by atoms with Crippen LogP contribution in [0.3, 0.4) is 0 Å². The zero-order valence-corrected chi connectivity index (χ0v) is 18.6. The van der Waals surface area contributed by atoms with Gasteiger partial charge in [0.25, 0.3) is 0 Å². The van der Waals surface area contributed by atoms with Crippen molar-refractivity contribution >= 4 is 41.8 Å².